The molecule has 2 atom stereocenters. The minimum atomic E-state index is 0.642. The minimum Gasteiger partial charge on any atom is -0.399 e. The van der Waals surface area contributed by atoms with Crippen LogP contribution in [0.5, 0.6) is 0 Å². The van der Waals surface area contributed by atoms with Gasteiger partial charge in [0.2, 0.25) is 0 Å². The van der Waals surface area contributed by atoms with Crippen molar-refractivity contribution in [1.29, 1.82) is 0 Å². The highest BCUT2D eigenvalue weighted by Crippen LogP contribution is 2.38. The van der Waals surface area contributed by atoms with E-state index in [1.54, 1.807) is 11.3 Å². The highest BCUT2D eigenvalue weighted by atomic mass is 32.1. The van der Waals surface area contributed by atoms with E-state index in [-0.39, 0.29) is 0 Å². The SMILES string of the molecule is CCC1CC1Nc1nc2ccc(N)cc2s1. The van der Waals surface area contributed by atoms with E-state index in [9.17, 15) is 0 Å². The Balaban J connectivity index is 1.83. The molecule has 4 heteroatoms. The number of nitrogen functional groups attached to an aromatic ring is 1. The molecule has 3 N–H and O–H groups in total. The Morgan fingerprint density at radius 2 is 2.44 bits per heavy atom. The summed E-state index contributed by atoms with van der Waals surface area (Å²) >= 11 is 1.69. The van der Waals surface area contributed by atoms with Crippen LogP contribution in [0.2, 0.25) is 0 Å². The monoisotopic (exact) mass is 233 g/mol. The van der Waals surface area contributed by atoms with Crippen LogP contribution < -0.4 is 11.1 Å². The van der Waals surface area contributed by atoms with Crippen LogP contribution in [-0.4, -0.2) is 11.0 Å². The molecule has 1 heterocycles. The normalized spacial score (nSPS) is 23.6. The van der Waals surface area contributed by atoms with E-state index in [1.165, 1.54) is 12.8 Å². The Labute approximate surface area is 98.7 Å². The Hall–Kier alpha value is -1.29. The third-order valence-electron chi connectivity index (χ3n) is 3.17. The summed E-state index contributed by atoms with van der Waals surface area (Å²) in [6.45, 7) is 2.24. The van der Waals surface area contributed by atoms with Gasteiger partial charge in [0, 0.05) is 11.7 Å². The number of thiazole rings is 1. The number of nitrogens with one attached hydrogen (secondary N) is 1. The maximum absolute atomic E-state index is 5.75. The predicted octanol–water partition coefficient (Wildman–Crippen LogP) is 3.09. The van der Waals surface area contributed by atoms with E-state index in [0.717, 1.165) is 27.0 Å². The van der Waals surface area contributed by atoms with E-state index in [2.05, 4.69) is 17.2 Å². The number of hydrogen-bond acceptors (Lipinski definition) is 4. The molecule has 1 aromatic heterocycles. The molecule has 3 nitrogen and oxygen atoms in total. The van der Waals surface area contributed by atoms with Gasteiger partial charge in [-0.1, -0.05) is 24.7 Å². The zero-order valence-electron chi connectivity index (χ0n) is 9.23. The van der Waals surface area contributed by atoms with Gasteiger partial charge in [-0.25, -0.2) is 4.98 Å². The third kappa shape index (κ3) is 1.73. The molecule has 0 amide bonds. The molecule has 0 saturated heterocycles. The summed E-state index contributed by atoms with van der Waals surface area (Å²) in [5.41, 5.74) is 7.59. The van der Waals surface area contributed by atoms with E-state index >= 15 is 0 Å². The summed E-state index contributed by atoms with van der Waals surface area (Å²) in [5, 5.41) is 4.52. The standard InChI is InChI=1S/C12H15N3S/c1-2-7-5-10(7)15-12-14-9-4-3-8(13)6-11(9)16-12/h3-4,6-7,10H,2,5,13H2,1H3,(H,14,15). The third-order valence-corrected chi connectivity index (χ3v) is 4.12. The van der Waals surface area contributed by atoms with Gasteiger partial charge in [-0.2, -0.15) is 0 Å². The number of benzene rings is 1. The molecule has 0 radical (unpaired) electrons. The average molecular weight is 233 g/mol. The maximum atomic E-state index is 5.75. The van der Waals surface area contributed by atoms with Crippen LogP contribution in [-0.2, 0) is 0 Å². The Kier molecular flexibility index (Phi) is 2.24. The first-order valence-electron chi connectivity index (χ1n) is 5.69. The van der Waals surface area contributed by atoms with Crippen molar-refractivity contribution in [2.45, 2.75) is 25.8 Å². The number of aromatic nitrogens is 1. The molecule has 2 unspecified atom stereocenters. The van der Waals surface area contributed by atoms with Gasteiger partial charge < -0.3 is 11.1 Å². The number of nitrogens with two attached hydrogens (primary N) is 1. The summed E-state index contributed by atoms with van der Waals surface area (Å²) < 4.78 is 1.16. The Morgan fingerprint density at radius 3 is 3.19 bits per heavy atom. The van der Waals surface area contributed by atoms with Crippen LogP contribution in [0.3, 0.4) is 0 Å². The molecule has 1 aliphatic rings. The Bertz CT molecular complexity index is 520. The second kappa shape index (κ2) is 3.63. The van der Waals surface area contributed by atoms with Crippen LogP contribution >= 0.6 is 11.3 Å². The number of rotatable bonds is 3. The van der Waals surface area contributed by atoms with Gasteiger partial charge in [0.1, 0.15) is 0 Å². The lowest BCUT2D eigenvalue weighted by molar-refractivity contribution is 0.774. The number of anilines is 2. The molecule has 16 heavy (non-hydrogen) atoms. The molecule has 0 aliphatic heterocycles. The first-order valence-corrected chi connectivity index (χ1v) is 6.50. The first kappa shape index (κ1) is 9.90. The molecule has 0 bridgehead atoms. The van der Waals surface area contributed by atoms with Crippen molar-refractivity contribution in [3.63, 3.8) is 0 Å². The maximum Gasteiger partial charge on any atom is 0.184 e. The zero-order valence-corrected chi connectivity index (χ0v) is 10.1. The van der Waals surface area contributed by atoms with Gasteiger partial charge in [0.15, 0.2) is 5.13 Å². The van der Waals surface area contributed by atoms with Crippen LogP contribution in [0.1, 0.15) is 19.8 Å². The van der Waals surface area contributed by atoms with Gasteiger partial charge in [0.25, 0.3) is 0 Å². The largest absolute Gasteiger partial charge is 0.399 e. The zero-order chi connectivity index (χ0) is 11.1. The quantitative estimate of drug-likeness (QED) is 0.801. The Morgan fingerprint density at radius 1 is 1.56 bits per heavy atom. The average Bonchev–Trinajstić information content (AvgIpc) is 2.88. The van der Waals surface area contributed by atoms with Gasteiger partial charge in [-0.3, -0.25) is 0 Å². The molecule has 1 aliphatic carbocycles. The summed E-state index contributed by atoms with van der Waals surface area (Å²) in [6, 6.07) is 6.51. The van der Waals surface area contributed by atoms with Crippen molar-refractivity contribution in [3.8, 4) is 0 Å². The first-order chi connectivity index (χ1) is 7.76. The lowest BCUT2D eigenvalue weighted by Gasteiger charge is -1.98. The van der Waals surface area contributed by atoms with E-state index in [4.69, 9.17) is 5.73 Å². The van der Waals surface area contributed by atoms with Gasteiger partial charge in [-0.15, -0.1) is 0 Å². The predicted molar refractivity (Wildman–Crippen MR) is 69.8 cm³/mol. The van der Waals surface area contributed by atoms with Crippen molar-refractivity contribution in [2.24, 2.45) is 5.92 Å². The van der Waals surface area contributed by atoms with Crippen LogP contribution in [0.25, 0.3) is 10.2 Å². The highest BCUT2D eigenvalue weighted by molar-refractivity contribution is 7.22. The molecule has 1 aromatic carbocycles. The fourth-order valence-electron chi connectivity index (χ4n) is 2.04. The van der Waals surface area contributed by atoms with Crippen molar-refractivity contribution in [3.05, 3.63) is 18.2 Å². The number of hydrogen-bond donors (Lipinski definition) is 2. The molecule has 1 fully saturated rings. The summed E-state index contributed by atoms with van der Waals surface area (Å²) in [4.78, 5) is 4.55. The topological polar surface area (TPSA) is 50.9 Å². The summed E-state index contributed by atoms with van der Waals surface area (Å²) in [6.07, 6.45) is 2.55. The molecule has 1 saturated carbocycles. The number of fused-ring (bicyclic) bond motifs is 1. The fourth-order valence-corrected chi connectivity index (χ4v) is 3.01. The second-order valence-corrected chi connectivity index (χ2v) is 5.43. The van der Waals surface area contributed by atoms with Crippen LogP contribution in [0, 0.1) is 5.92 Å². The van der Waals surface area contributed by atoms with Crippen molar-refractivity contribution in [1.82, 2.24) is 4.98 Å². The smallest absolute Gasteiger partial charge is 0.184 e. The van der Waals surface area contributed by atoms with E-state index in [0.29, 0.717) is 6.04 Å². The lowest BCUT2D eigenvalue weighted by atomic mass is 10.3. The van der Waals surface area contributed by atoms with E-state index < -0.39 is 0 Å². The number of nitrogens with zero attached hydrogens (tertiary/aromatic N) is 1. The summed E-state index contributed by atoms with van der Waals surface area (Å²) in [5.74, 6) is 0.845. The van der Waals surface area contributed by atoms with E-state index in [1.807, 2.05) is 18.2 Å². The molecular weight excluding hydrogens is 218 g/mol. The van der Waals surface area contributed by atoms with Crippen molar-refractivity contribution >= 4 is 32.4 Å². The van der Waals surface area contributed by atoms with Gasteiger partial charge in [0.05, 0.1) is 10.2 Å². The van der Waals surface area contributed by atoms with Crippen LogP contribution in [0.15, 0.2) is 18.2 Å². The molecule has 3 rings (SSSR count). The minimum absolute atomic E-state index is 0.642. The van der Waals surface area contributed by atoms with Gasteiger partial charge >= 0.3 is 0 Å². The molecular formula is C12H15N3S. The molecule has 0 spiro atoms. The molecule has 2 aromatic rings. The highest BCUT2D eigenvalue weighted by Gasteiger charge is 2.35. The second-order valence-electron chi connectivity index (χ2n) is 4.40. The molecule has 84 valence electrons. The van der Waals surface area contributed by atoms with Crippen molar-refractivity contribution < 1.29 is 0 Å². The summed E-state index contributed by atoms with van der Waals surface area (Å²) in [7, 11) is 0. The van der Waals surface area contributed by atoms with Gasteiger partial charge in [-0.05, 0) is 30.5 Å². The van der Waals surface area contributed by atoms with Crippen molar-refractivity contribution in [2.75, 3.05) is 11.1 Å². The lowest BCUT2D eigenvalue weighted by Crippen LogP contribution is -2.03. The fraction of sp³-hybridized carbons (Fsp3) is 0.417. The van der Waals surface area contributed by atoms with Crippen LogP contribution in [0.4, 0.5) is 10.8 Å².